The van der Waals surface area contributed by atoms with Gasteiger partial charge in [-0.05, 0) is 66.9 Å². The number of anilines is 1. The number of hydrogen-bond acceptors (Lipinski definition) is 3. The normalized spacial score (nSPS) is 13.9. The molecule has 1 fully saturated rings. The van der Waals surface area contributed by atoms with E-state index >= 15 is 0 Å². The Morgan fingerprint density at radius 1 is 0.935 bits per heavy atom. The molecule has 1 aliphatic rings. The van der Waals surface area contributed by atoms with Gasteiger partial charge in [-0.25, -0.2) is 4.39 Å². The van der Waals surface area contributed by atoms with Crippen molar-refractivity contribution in [2.75, 3.05) is 19.0 Å². The van der Waals surface area contributed by atoms with Crippen LogP contribution in [0, 0.1) is 5.82 Å². The van der Waals surface area contributed by atoms with Crippen LogP contribution >= 0.6 is 0 Å². The molecule has 0 spiro atoms. The summed E-state index contributed by atoms with van der Waals surface area (Å²) in [6, 6.07) is 20.1. The Kier molecular flexibility index (Phi) is 5.71. The summed E-state index contributed by atoms with van der Waals surface area (Å²) < 4.78 is 18.3. The van der Waals surface area contributed by atoms with Crippen LogP contribution in [0.15, 0.2) is 72.8 Å². The van der Waals surface area contributed by atoms with Crippen LogP contribution in [0.4, 0.5) is 10.1 Å². The highest BCUT2D eigenvalue weighted by Gasteiger charge is 2.44. The van der Waals surface area contributed by atoms with Gasteiger partial charge in [0.05, 0.1) is 18.4 Å². The molecule has 0 unspecified atom stereocenters. The van der Waals surface area contributed by atoms with E-state index in [1.807, 2.05) is 0 Å². The van der Waals surface area contributed by atoms with Crippen molar-refractivity contribution in [3.05, 3.63) is 95.3 Å². The van der Waals surface area contributed by atoms with E-state index < -0.39 is 0 Å². The summed E-state index contributed by atoms with van der Waals surface area (Å²) in [5, 5.41) is 5.80. The molecule has 1 saturated carbocycles. The van der Waals surface area contributed by atoms with Crippen molar-refractivity contribution < 1.29 is 18.7 Å². The number of carbonyl (C=O) groups is 2. The van der Waals surface area contributed by atoms with E-state index in [0.29, 0.717) is 29.1 Å². The number of hydrogen-bond donors (Lipinski definition) is 2. The van der Waals surface area contributed by atoms with Crippen molar-refractivity contribution in [2.45, 2.75) is 18.3 Å². The Balaban J connectivity index is 1.44. The molecule has 0 bridgehead atoms. The lowest BCUT2D eigenvalue weighted by molar-refractivity contribution is 0.0950. The minimum atomic E-state index is -0.312. The van der Waals surface area contributed by atoms with E-state index in [2.05, 4.69) is 10.6 Å². The smallest absolute Gasteiger partial charge is 0.255 e. The molecule has 5 nitrogen and oxygen atoms in total. The first-order valence-electron chi connectivity index (χ1n) is 10.1. The second kappa shape index (κ2) is 8.60. The zero-order chi connectivity index (χ0) is 21.8. The average Bonchev–Trinajstić information content (AvgIpc) is 3.59. The molecule has 0 aromatic heterocycles. The van der Waals surface area contributed by atoms with Crippen LogP contribution in [-0.2, 0) is 5.41 Å². The highest BCUT2D eigenvalue weighted by molar-refractivity contribution is 6.09. The molecule has 0 saturated heterocycles. The Labute approximate surface area is 180 Å². The maximum Gasteiger partial charge on any atom is 0.255 e. The van der Waals surface area contributed by atoms with Gasteiger partial charge < -0.3 is 15.4 Å². The summed E-state index contributed by atoms with van der Waals surface area (Å²) in [5.74, 6) is -0.191. The molecule has 0 aliphatic heterocycles. The van der Waals surface area contributed by atoms with Crippen molar-refractivity contribution in [1.29, 1.82) is 0 Å². The van der Waals surface area contributed by atoms with Gasteiger partial charge in [0.1, 0.15) is 11.6 Å². The molecule has 2 N–H and O–H groups in total. The zero-order valence-corrected chi connectivity index (χ0v) is 17.2. The number of ether oxygens (including phenoxy) is 1. The predicted molar refractivity (Wildman–Crippen MR) is 117 cm³/mol. The van der Waals surface area contributed by atoms with Gasteiger partial charge in [-0.3, -0.25) is 9.59 Å². The van der Waals surface area contributed by atoms with Crippen molar-refractivity contribution in [2.24, 2.45) is 0 Å². The van der Waals surface area contributed by atoms with E-state index in [1.54, 1.807) is 67.8 Å². The van der Waals surface area contributed by atoms with Crippen molar-refractivity contribution in [1.82, 2.24) is 5.32 Å². The van der Waals surface area contributed by atoms with Gasteiger partial charge in [0.25, 0.3) is 11.8 Å². The Hall–Kier alpha value is -3.67. The van der Waals surface area contributed by atoms with Gasteiger partial charge in [0, 0.05) is 17.5 Å². The minimum absolute atomic E-state index is 0.148. The van der Waals surface area contributed by atoms with Gasteiger partial charge >= 0.3 is 0 Å². The monoisotopic (exact) mass is 418 g/mol. The molecule has 6 heteroatoms. The number of para-hydroxylation sites is 1. The number of rotatable bonds is 7. The van der Waals surface area contributed by atoms with Crippen LogP contribution in [0.1, 0.15) is 39.1 Å². The van der Waals surface area contributed by atoms with Crippen LogP contribution in [-0.4, -0.2) is 25.5 Å². The lowest BCUT2D eigenvalue weighted by Crippen LogP contribution is -2.33. The van der Waals surface area contributed by atoms with Gasteiger partial charge in [-0.2, -0.15) is 0 Å². The zero-order valence-electron chi connectivity index (χ0n) is 17.2. The highest BCUT2D eigenvalue weighted by Crippen LogP contribution is 2.47. The first-order chi connectivity index (χ1) is 15.0. The molecular weight excluding hydrogens is 395 g/mol. The van der Waals surface area contributed by atoms with E-state index in [4.69, 9.17) is 4.74 Å². The van der Waals surface area contributed by atoms with Crippen LogP contribution in [0.2, 0.25) is 0 Å². The molecule has 0 heterocycles. The predicted octanol–water partition coefficient (Wildman–Crippen LogP) is 4.55. The lowest BCUT2D eigenvalue weighted by Gasteiger charge is -2.18. The van der Waals surface area contributed by atoms with Crippen LogP contribution in [0.3, 0.4) is 0 Å². The highest BCUT2D eigenvalue weighted by atomic mass is 19.1. The summed E-state index contributed by atoms with van der Waals surface area (Å²) in [6.45, 7) is 0.457. The molecule has 1 aliphatic carbocycles. The first kappa shape index (κ1) is 20.6. The topological polar surface area (TPSA) is 67.4 Å². The van der Waals surface area contributed by atoms with Crippen LogP contribution < -0.4 is 15.4 Å². The summed E-state index contributed by atoms with van der Waals surface area (Å²) >= 11 is 0. The minimum Gasteiger partial charge on any atom is -0.497 e. The molecule has 3 aromatic rings. The Morgan fingerprint density at radius 3 is 2.26 bits per heavy atom. The molecule has 4 rings (SSSR count). The summed E-state index contributed by atoms with van der Waals surface area (Å²) in [5.41, 5.74) is 2.16. The van der Waals surface area contributed by atoms with E-state index in [9.17, 15) is 14.0 Å². The number of halogens is 1. The van der Waals surface area contributed by atoms with Crippen LogP contribution in [0.25, 0.3) is 0 Å². The largest absolute Gasteiger partial charge is 0.497 e. The molecule has 3 aromatic carbocycles. The SMILES string of the molecule is COc1ccc(C(=O)Nc2ccccc2C(=O)NCC2(c3ccc(F)cc3)CC2)cc1. The second-order valence-corrected chi connectivity index (χ2v) is 7.70. The summed E-state index contributed by atoms with van der Waals surface area (Å²) in [6.07, 6.45) is 1.88. The number of nitrogens with one attached hydrogen (secondary N) is 2. The molecule has 0 radical (unpaired) electrons. The molecule has 31 heavy (non-hydrogen) atoms. The number of benzene rings is 3. The lowest BCUT2D eigenvalue weighted by atomic mass is 9.96. The molecular formula is C25H23FN2O3. The number of amides is 2. The third-order valence-electron chi connectivity index (χ3n) is 5.67. The van der Waals surface area contributed by atoms with Gasteiger partial charge in [0.2, 0.25) is 0 Å². The fraction of sp³-hybridized carbons (Fsp3) is 0.200. The van der Waals surface area contributed by atoms with E-state index in [1.165, 1.54) is 12.1 Å². The average molecular weight is 418 g/mol. The van der Waals surface area contributed by atoms with Crippen molar-refractivity contribution >= 4 is 17.5 Å². The standard InChI is InChI=1S/C25H23FN2O3/c1-31-20-12-6-17(7-13-20)23(29)28-22-5-3-2-4-21(22)24(30)27-16-25(14-15-25)18-8-10-19(26)11-9-18/h2-13H,14-16H2,1H3,(H,27,30)(H,28,29). The van der Waals surface area contributed by atoms with Crippen molar-refractivity contribution in [3.8, 4) is 5.75 Å². The summed E-state index contributed by atoms with van der Waals surface area (Å²) in [7, 11) is 1.56. The van der Waals surface area contributed by atoms with Gasteiger partial charge in [0.15, 0.2) is 0 Å². The van der Waals surface area contributed by atoms with Crippen LogP contribution in [0.5, 0.6) is 5.75 Å². The first-order valence-corrected chi connectivity index (χ1v) is 10.1. The third kappa shape index (κ3) is 4.58. The van der Waals surface area contributed by atoms with E-state index in [-0.39, 0.29) is 23.0 Å². The van der Waals surface area contributed by atoms with E-state index in [0.717, 1.165) is 18.4 Å². The quantitative estimate of drug-likeness (QED) is 0.592. The summed E-state index contributed by atoms with van der Waals surface area (Å²) in [4.78, 5) is 25.5. The molecule has 158 valence electrons. The third-order valence-corrected chi connectivity index (χ3v) is 5.67. The number of carbonyl (C=O) groups excluding carboxylic acids is 2. The van der Waals surface area contributed by atoms with Gasteiger partial charge in [-0.1, -0.05) is 24.3 Å². The number of methoxy groups -OCH3 is 1. The Bertz CT molecular complexity index is 1090. The fourth-order valence-corrected chi connectivity index (χ4v) is 3.59. The molecule has 0 atom stereocenters. The fourth-order valence-electron chi connectivity index (χ4n) is 3.59. The van der Waals surface area contributed by atoms with Gasteiger partial charge in [-0.15, -0.1) is 0 Å². The van der Waals surface area contributed by atoms with Crippen molar-refractivity contribution in [3.63, 3.8) is 0 Å². The molecule has 2 amide bonds. The second-order valence-electron chi connectivity index (χ2n) is 7.70. The Morgan fingerprint density at radius 2 is 1.61 bits per heavy atom. The maximum atomic E-state index is 13.2. The maximum absolute atomic E-state index is 13.2.